The molecule has 1 aromatic carbocycles. The predicted octanol–water partition coefficient (Wildman–Crippen LogP) is 1.13. The molecule has 0 saturated heterocycles. The van der Waals surface area contributed by atoms with Crippen molar-refractivity contribution in [2.75, 3.05) is 0 Å². The standard InChI is InChI=1S/C9H4N2O3/c12-5-10-8-3-1-7(2-4-8)9(14)11-6-13/h1-4H. The third kappa shape index (κ3) is 2.32. The Morgan fingerprint density at radius 1 is 1.07 bits per heavy atom. The van der Waals surface area contributed by atoms with Gasteiger partial charge in [-0.2, -0.15) is 4.99 Å². The van der Waals surface area contributed by atoms with Crippen molar-refractivity contribution in [3.63, 3.8) is 0 Å². The van der Waals surface area contributed by atoms with Crippen molar-refractivity contribution in [1.82, 2.24) is 0 Å². The molecule has 0 aliphatic carbocycles. The normalized spacial score (nSPS) is 8.29. The number of rotatable bonds is 2. The summed E-state index contributed by atoms with van der Waals surface area (Å²) in [7, 11) is 0. The Hall–Kier alpha value is -2.35. The third-order valence-electron chi connectivity index (χ3n) is 1.44. The molecular weight excluding hydrogens is 184 g/mol. The fraction of sp³-hybridized carbons (Fsp3) is 0. The summed E-state index contributed by atoms with van der Waals surface area (Å²) in [6.45, 7) is 0. The van der Waals surface area contributed by atoms with Crippen LogP contribution in [0.25, 0.3) is 0 Å². The van der Waals surface area contributed by atoms with Crippen LogP contribution in [0.2, 0.25) is 0 Å². The highest BCUT2D eigenvalue weighted by atomic mass is 16.2. The van der Waals surface area contributed by atoms with E-state index in [1.807, 2.05) is 0 Å². The van der Waals surface area contributed by atoms with Crippen LogP contribution in [0, 0.1) is 0 Å². The summed E-state index contributed by atoms with van der Waals surface area (Å²) in [6, 6.07) is 5.69. The van der Waals surface area contributed by atoms with Crippen molar-refractivity contribution in [3.05, 3.63) is 29.8 Å². The van der Waals surface area contributed by atoms with E-state index in [1.54, 1.807) is 0 Å². The van der Waals surface area contributed by atoms with Gasteiger partial charge in [-0.25, -0.2) is 9.59 Å². The summed E-state index contributed by atoms with van der Waals surface area (Å²) in [5.41, 5.74) is 0.616. The summed E-state index contributed by atoms with van der Waals surface area (Å²) >= 11 is 0. The molecule has 1 amide bonds. The molecule has 0 aliphatic rings. The fourth-order valence-corrected chi connectivity index (χ4v) is 0.837. The molecule has 0 heterocycles. The largest absolute Gasteiger partial charge is 0.287 e. The Labute approximate surface area is 78.8 Å². The Morgan fingerprint density at radius 2 is 1.71 bits per heavy atom. The molecule has 0 saturated carbocycles. The second-order valence-electron chi connectivity index (χ2n) is 2.26. The second kappa shape index (κ2) is 4.62. The van der Waals surface area contributed by atoms with Crippen LogP contribution in [0.1, 0.15) is 10.4 Å². The van der Waals surface area contributed by atoms with Crippen molar-refractivity contribution < 1.29 is 14.4 Å². The molecule has 0 aromatic heterocycles. The first-order valence-corrected chi connectivity index (χ1v) is 3.58. The average Bonchev–Trinajstić information content (AvgIpc) is 2.20. The Bertz CT molecular complexity index is 438. The van der Waals surface area contributed by atoms with Gasteiger partial charge < -0.3 is 0 Å². The average molecular weight is 188 g/mol. The minimum Gasteiger partial charge on any atom is -0.266 e. The molecule has 14 heavy (non-hydrogen) atoms. The number of carbonyl (C=O) groups excluding carboxylic acids is 3. The summed E-state index contributed by atoms with van der Waals surface area (Å²) < 4.78 is 0. The van der Waals surface area contributed by atoms with E-state index in [9.17, 15) is 14.4 Å². The topological polar surface area (TPSA) is 75.9 Å². The minimum absolute atomic E-state index is 0.234. The first-order chi connectivity index (χ1) is 6.77. The number of benzene rings is 1. The highest BCUT2D eigenvalue weighted by molar-refractivity contribution is 5.97. The molecule has 0 N–H and O–H groups in total. The van der Waals surface area contributed by atoms with Crippen LogP contribution in [0.3, 0.4) is 0 Å². The third-order valence-corrected chi connectivity index (χ3v) is 1.44. The van der Waals surface area contributed by atoms with E-state index in [1.165, 1.54) is 30.3 Å². The molecule has 5 nitrogen and oxygen atoms in total. The maximum Gasteiger partial charge on any atom is 0.287 e. The molecule has 5 heteroatoms. The van der Waals surface area contributed by atoms with E-state index < -0.39 is 5.91 Å². The molecule has 0 radical (unpaired) electrons. The van der Waals surface area contributed by atoms with E-state index in [-0.39, 0.29) is 5.56 Å². The van der Waals surface area contributed by atoms with Crippen LogP contribution < -0.4 is 0 Å². The quantitative estimate of drug-likeness (QED) is 0.515. The van der Waals surface area contributed by atoms with Gasteiger partial charge in [0.05, 0.1) is 5.69 Å². The number of hydrogen-bond acceptors (Lipinski definition) is 4. The van der Waals surface area contributed by atoms with Gasteiger partial charge in [0.2, 0.25) is 12.2 Å². The molecule has 0 aliphatic heterocycles. The highest BCUT2D eigenvalue weighted by Crippen LogP contribution is 2.12. The highest BCUT2D eigenvalue weighted by Gasteiger charge is 2.02. The van der Waals surface area contributed by atoms with E-state index >= 15 is 0 Å². The lowest BCUT2D eigenvalue weighted by atomic mass is 10.2. The molecule has 0 unspecified atom stereocenters. The maximum atomic E-state index is 11.0. The summed E-state index contributed by atoms with van der Waals surface area (Å²) in [5, 5.41) is 0. The summed E-state index contributed by atoms with van der Waals surface area (Å²) in [4.78, 5) is 36.9. The molecule has 0 bridgehead atoms. The molecule has 0 atom stereocenters. The van der Waals surface area contributed by atoms with Gasteiger partial charge >= 0.3 is 0 Å². The van der Waals surface area contributed by atoms with Gasteiger partial charge in [-0.05, 0) is 24.3 Å². The Morgan fingerprint density at radius 3 is 2.21 bits per heavy atom. The van der Waals surface area contributed by atoms with Crippen LogP contribution in [0.4, 0.5) is 5.69 Å². The van der Waals surface area contributed by atoms with E-state index in [0.717, 1.165) is 6.08 Å². The van der Waals surface area contributed by atoms with Crippen LogP contribution in [0.15, 0.2) is 34.3 Å². The van der Waals surface area contributed by atoms with Crippen molar-refractivity contribution in [2.24, 2.45) is 9.98 Å². The number of aliphatic imine (C=N–C) groups is 2. The zero-order valence-corrected chi connectivity index (χ0v) is 6.93. The molecule has 1 rings (SSSR count). The van der Waals surface area contributed by atoms with Gasteiger partial charge in [0, 0.05) is 5.56 Å². The molecule has 0 fully saturated rings. The van der Waals surface area contributed by atoms with Crippen molar-refractivity contribution >= 4 is 23.8 Å². The fourth-order valence-electron chi connectivity index (χ4n) is 0.837. The van der Waals surface area contributed by atoms with E-state index in [2.05, 4.69) is 9.98 Å². The van der Waals surface area contributed by atoms with Crippen LogP contribution in [-0.4, -0.2) is 18.1 Å². The smallest absolute Gasteiger partial charge is 0.266 e. The minimum atomic E-state index is -0.679. The van der Waals surface area contributed by atoms with Gasteiger partial charge in [-0.3, -0.25) is 4.79 Å². The summed E-state index contributed by atoms with van der Waals surface area (Å²) in [6.07, 6.45) is 2.51. The zero-order chi connectivity index (χ0) is 10.4. The van der Waals surface area contributed by atoms with Crippen LogP contribution >= 0.6 is 0 Å². The Balaban J connectivity index is 2.98. The van der Waals surface area contributed by atoms with Crippen molar-refractivity contribution in [2.45, 2.75) is 0 Å². The van der Waals surface area contributed by atoms with Crippen LogP contribution in [-0.2, 0) is 9.59 Å². The number of amides is 1. The van der Waals surface area contributed by atoms with Gasteiger partial charge in [0.1, 0.15) is 0 Å². The van der Waals surface area contributed by atoms with Crippen molar-refractivity contribution in [3.8, 4) is 0 Å². The van der Waals surface area contributed by atoms with E-state index in [4.69, 9.17) is 0 Å². The van der Waals surface area contributed by atoms with Gasteiger partial charge in [0.25, 0.3) is 5.91 Å². The number of isocyanates is 2. The van der Waals surface area contributed by atoms with Gasteiger partial charge in [-0.15, -0.1) is 4.99 Å². The van der Waals surface area contributed by atoms with Crippen molar-refractivity contribution in [1.29, 1.82) is 0 Å². The zero-order valence-electron chi connectivity index (χ0n) is 6.93. The molecule has 1 aromatic rings. The van der Waals surface area contributed by atoms with Gasteiger partial charge in [0.15, 0.2) is 0 Å². The predicted molar refractivity (Wildman–Crippen MR) is 46.7 cm³/mol. The Kier molecular flexibility index (Phi) is 3.21. The monoisotopic (exact) mass is 188 g/mol. The molecule has 68 valence electrons. The molecule has 0 spiro atoms. The molecular formula is C9H4N2O3. The lowest BCUT2D eigenvalue weighted by Gasteiger charge is -1.93. The van der Waals surface area contributed by atoms with Crippen LogP contribution in [0.5, 0.6) is 0 Å². The first-order valence-electron chi connectivity index (χ1n) is 3.58. The first kappa shape index (κ1) is 9.74. The number of nitrogens with zero attached hydrogens (tertiary/aromatic N) is 2. The number of hydrogen-bond donors (Lipinski definition) is 0. The second-order valence-corrected chi connectivity index (χ2v) is 2.26. The lowest BCUT2D eigenvalue weighted by molar-refractivity contribution is 0.100. The summed E-state index contributed by atoms with van der Waals surface area (Å²) in [5.74, 6) is -0.679. The van der Waals surface area contributed by atoms with Gasteiger partial charge in [-0.1, -0.05) is 0 Å². The number of carbonyl (C=O) groups is 1. The maximum absolute atomic E-state index is 11.0. The SMILES string of the molecule is O=C=NC(=O)c1ccc(N=C=O)cc1. The lowest BCUT2D eigenvalue weighted by Crippen LogP contribution is -1.92. The van der Waals surface area contributed by atoms with E-state index in [0.29, 0.717) is 5.69 Å².